The van der Waals surface area contributed by atoms with Crippen molar-refractivity contribution < 1.29 is 22.6 Å². The molecule has 3 amide bonds. The number of fused-ring (bicyclic) bond motifs is 1. The number of amides is 3. The maximum atomic E-state index is 13.1. The van der Waals surface area contributed by atoms with Crippen LogP contribution in [0, 0.1) is 12.8 Å². The first-order valence-corrected chi connectivity index (χ1v) is 11.7. The molecule has 1 aromatic heterocycles. The maximum absolute atomic E-state index is 13.1. The van der Waals surface area contributed by atoms with Crippen molar-refractivity contribution in [3.63, 3.8) is 0 Å². The fourth-order valence-electron chi connectivity index (χ4n) is 3.40. The van der Waals surface area contributed by atoms with Crippen LogP contribution in [0.15, 0.2) is 23.1 Å². The Hall–Kier alpha value is -2.24. The first kappa shape index (κ1) is 20.0. The molecule has 1 unspecified atom stereocenters. The number of urea groups is 1. The molecule has 1 aromatic rings. The Morgan fingerprint density at radius 1 is 1.31 bits per heavy atom. The van der Waals surface area contributed by atoms with Crippen molar-refractivity contribution in [3.05, 3.63) is 33.1 Å². The number of allylic oxidation sites excluding steroid dienone is 2. The van der Waals surface area contributed by atoms with Crippen LogP contribution >= 0.6 is 11.3 Å². The molecule has 2 aliphatic carbocycles. The Morgan fingerprint density at radius 3 is 2.62 bits per heavy atom. The van der Waals surface area contributed by atoms with Crippen LogP contribution in [-0.4, -0.2) is 57.8 Å². The van der Waals surface area contributed by atoms with E-state index in [4.69, 9.17) is 0 Å². The van der Waals surface area contributed by atoms with Gasteiger partial charge in [-0.1, -0.05) is 11.3 Å². The quantitative estimate of drug-likeness (QED) is 0.673. The molecule has 0 aromatic carbocycles. The zero-order valence-corrected chi connectivity index (χ0v) is 18.0. The molecule has 1 fully saturated rings. The fraction of sp³-hybridized carbons (Fsp3) is 0.500. The van der Waals surface area contributed by atoms with E-state index in [1.54, 1.807) is 13.0 Å². The van der Waals surface area contributed by atoms with Crippen LogP contribution in [-0.2, 0) is 21.4 Å². The molecule has 2 heterocycles. The van der Waals surface area contributed by atoms with Gasteiger partial charge < -0.3 is 0 Å². The zero-order valence-electron chi connectivity index (χ0n) is 16.4. The largest absolute Gasteiger partial charge is 0.501 e. The maximum Gasteiger partial charge on any atom is 0.501 e. The number of carbonyl (C=O) groups is 2. The minimum atomic E-state index is -3.75. The van der Waals surface area contributed by atoms with Crippen LogP contribution in [0.5, 0.6) is 0 Å². The summed E-state index contributed by atoms with van der Waals surface area (Å²) in [5.41, 5.74) is 0.0742. The molecule has 4 rings (SSSR count). The minimum Gasteiger partial charge on any atom is -0.245 e. The van der Waals surface area contributed by atoms with E-state index in [0.29, 0.717) is 17.3 Å². The van der Waals surface area contributed by atoms with Gasteiger partial charge in [-0.25, -0.2) is 17.9 Å². The van der Waals surface area contributed by atoms with Gasteiger partial charge in [-0.3, -0.25) is 0 Å². The molecule has 9 nitrogen and oxygen atoms in total. The molecule has 1 atom stereocenters. The Kier molecular flexibility index (Phi) is 4.79. The van der Waals surface area contributed by atoms with Crippen LogP contribution in [0.1, 0.15) is 36.7 Å². The predicted molar refractivity (Wildman–Crippen MR) is 107 cm³/mol. The van der Waals surface area contributed by atoms with Crippen molar-refractivity contribution in [2.75, 3.05) is 6.54 Å². The van der Waals surface area contributed by atoms with Crippen molar-refractivity contribution in [2.24, 2.45) is 5.92 Å². The summed E-state index contributed by atoms with van der Waals surface area (Å²) in [6, 6.07) is -0.440. The molecule has 11 heteroatoms. The first-order valence-electron chi connectivity index (χ1n) is 9.36. The highest BCUT2D eigenvalue weighted by molar-refractivity contribution is 7.93. The summed E-state index contributed by atoms with van der Waals surface area (Å²) in [6.45, 7) is 5.83. The van der Waals surface area contributed by atoms with E-state index in [2.05, 4.69) is 14.9 Å². The van der Waals surface area contributed by atoms with E-state index in [1.807, 2.05) is 13.8 Å². The van der Waals surface area contributed by atoms with Crippen LogP contribution in [0.3, 0.4) is 0 Å². The number of hydrogen-bond donors (Lipinski definition) is 1. The number of aryl methyl sites for hydroxylation is 1. The van der Waals surface area contributed by atoms with E-state index in [0.717, 1.165) is 22.7 Å². The van der Waals surface area contributed by atoms with Gasteiger partial charge in [0.05, 0.1) is 11.4 Å². The molecular formula is C18H22N5O4S2+. The highest BCUT2D eigenvalue weighted by atomic mass is 32.2. The Balaban J connectivity index is 1.69. The van der Waals surface area contributed by atoms with Crippen molar-refractivity contribution in [3.8, 4) is 0 Å². The molecule has 0 spiro atoms. The number of nitrogens with zero attached hydrogens (tertiary/aromatic N) is 4. The normalized spacial score (nSPS) is 23.3. The van der Waals surface area contributed by atoms with Crippen LogP contribution in [0.25, 0.3) is 0 Å². The lowest BCUT2D eigenvalue weighted by Crippen LogP contribution is -2.54. The summed E-state index contributed by atoms with van der Waals surface area (Å²) in [7, 11) is -3.75. The van der Waals surface area contributed by atoms with Gasteiger partial charge in [0.15, 0.2) is 11.6 Å². The van der Waals surface area contributed by atoms with Gasteiger partial charge in [-0.15, -0.1) is 10.2 Å². The SMILES string of the molecule is CC[N+]1=C2C=CC(S(=O)(=O)NC3(C)CC3)=CC2C(=O)N(Cc2nnc(C)s2)C1=O. The van der Waals surface area contributed by atoms with Gasteiger partial charge in [-0.05, 0) is 51.8 Å². The second-order valence-corrected chi connectivity index (χ2v) is 10.6. The zero-order chi connectivity index (χ0) is 21.0. The van der Waals surface area contributed by atoms with Gasteiger partial charge in [-0.2, -0.15) is 14.3 Å². The number of sulfonamides is 1. The summed E-state index contributed by atoms with van der Waals surface area (Å²) < 4.78 is 29.7. The van der Waals surface area contributed by atoms with Crippen LogP contribution in [0.2, 0.25) is 0 Å². The number of nitrogens with one attached hydrogen (secondary N) is 1. The lowest BCUT2D eigenvalue weighted by Gasteiger charge is -2.27. The average molecular weight is 437 g/mol. The fourth-order valence-corrected chi connectivity index (χ4v) is 5.63. The molecule has 1 saturated carbocycles. The molecule has 1 aliphatic heterocycles. The number of imide groups is 1. The van der Waals surface area contributed by atoms with E-state index in [1.165, 1.54) is 28.1 Å². The molecule has 1 N–H and O–H groups in total. The Bertz CT molecular complexity index is 1100. The second kappa shape index (κ2) is 6.92. The van der Waals surface area contributed by atoms with E-state index in [9.17, 15) is 18.0 Å². The number of aromatic nitrogens is 2. The molecule has 0 saturated heterocycles. The van der Waals surface area contributed by atoms with Crippen molar-refractivity contribution >= 4 is 39.0 Å². The van der Waals surface area contributed by atoms with E-state index >= 15 is 0 Å². The molecule has 0 radical (unpaired) electrons. The standard InChI is InChI=1S/C18H22N5O4S2/c1-4-22-14-6-5-12(29(26,27)21-18(3)7-8-18)9-13(14)16(24)23(17(22)25)10-15-20-19-11(2)28-15/h5-6,9,13,21H,4,7-8,10H2,1-3H3/q+1. The topological polar surface area (TPSA) is 112 Å². The van der Waals surface area contributed by atoms with Gasteiger partial charge >= 0.3 is 11.9 Å². The Labute approximate surface area is 172 Å². The number of hydrogen-bond acceptors (Lipinski definition) is 7. The third-order valence-corrected chi connectivity index (χ3v) is 7.72. The third-order valence-electron chi connectivity index (χ3n) is 5.24. The van der Waals surface area contributed by atoms with Gasteiger partial charge in [0.1, 0.15) is 16.6 Å². The highest BCUT2D eigenvalue weighted by Crippen LogP contribution is 2.36. The number of rotatable bonds is 6. The summed E-state index contributed by atoms with van der Waals surface area (Å²) in [6.07, 6.45) is 6.01. The average Bonchev–Trinajstić information content (AvgIpc) is 3.23. The highest BCUT2D eigenvalue weighted by Gasteiger charge is 2.48. The minimum absolute atomic E-state index is 0.0133. The number of carbonyl (C=O) groups excluding carboxylic acids is 2. The monoisotopic (exact) mass is 436 g/mol. The van der Waals surface area contributed by atoms with E-state index in [-0.39, 0.29) is 11.4 Å². The van der Waals surface area contributed by atoms with Gasteiger partial charge in [0.25, 0.3) is 0 Å². The molecule has 3 aliphatic rings. The van der Waals surface area contributed by atoms with Crippen molar-refractivity contribution in [1.29, 1.82) is 0 Å². The first-order chi connectivity index (χ1) is 13.6. The molecule has 154 valence electrons. The summed E-state index contributed by atoms with van der Waals surface area (Å²) in [5, 5.41) is 9.22. The van der Waals surface area contributed by atoms with Gasteiger partial charge in [0.2, 0.25) is 10.0 Å². The summed E-state index contributed by atoms with van der Waals surface area (Å²) >= 11 is 1.31. The van der Waals surface area contributed by atoms with Crippen LogP contribution < -0.4 is 4.72 Å². The van der Waals surface area contributed by atoms with Crippen LogP contribution in [0.4, 0.5) is 4.79 Å². The second-order valence-electron chi connectivity index (χ2n) is 7.64. The van der Waals surface area contributed by atoms with Crippen molar-refractivity contribution in [2.45, 2.75) is 45.7 Å². The predicted octanol–water partition coefficient (Wildman–Crippen LogP) is 1.32. The summed E-state index contributed by atoms with van der Waals surface area (Å²) in [5.74, 6) is -1.30. The Morgan fingerprint density at radius 2 is 2.03 bits per heavy atom. The van der Waals surface area contributed by atoms with Gasteiger partial charge in [0, 0.05) is 5.54 Å². The molecule has 29 heavy (non-hydrogen) atoms. The van der Waals surface area contributed by atoms with E-state index < -0.39 is 33.4 Å². The summed E-state index contributed by atoms with van der Waals surface area (Å²) in [4.78, 5) is 27.2. The lowest BCUT2D eigenvalue weighted by atomic mass is 9.94. The third kappa shape index (κ3) is 3.69. The molecular weight excluding hydrogens is 414 g/mol. The lowest BCUT2D eigenvalue weighted by molar-refractivity contribution is -0.436. The smallest absolute Gasteiger partial charge is 0.245 e. The van der Waals surface area contributed by atoms with Crippen molar-refractivity contribution in [1.82, 2.24) is 19.8 Å². The molecule has 0 bridgehead atoms.